The zero-order chi connectivity index (χ0) is 15.6. The van der Waals surface area contributed by atoms with Crippen LogP contribution in [-0.4, -0.2) is 15.7 Å². The Labute approximate surface area is 121 Å². The molecule has 1 amide bonds. The predicted molar refractivity (Wildman–Crippen MR) is 75.7 cm³/mol. The van der Waals surface area contributed by atoms with Gasteiger partial charge < -0.3 is 4.90 Å². The Bertz CT molecular complexity index is 694. The van der Waals surface area contributed by atoms with Crippen LogP contribution in [0.2, 0.25) is 0 Å². The molecule has 0 N–H and O–H groups in total. The van der Waals surface area contributed by atoms with Crippen LogP contribution in [0.3, 0.4) is 0 Å². The summed E-state index contributed by atoms with van der Waals surface area (Å²) in [6, 6.07) is 3.33. The van der Waals surface area contributed by atoms with E-state index < -0.39 is 17.5 Å². The topological polar surface area (TPSA) is 38.1 Å². The van der Waals surface area contributed by atoms with Crippen molar-refractivity contribution in [2.45, 2.75) is 13.5 Å². The van der Waals surface area contributed by atoms with Crippen molar-refractivity contribution in [2.24, 2.45) is 7.05 Å². The molecule has 4 nitrogen and oxygen atoms in total. The zero-order valence-electron chi connectivity index (χ0n) is 11.8. The molecule has 0 saturated heterocycles. The Morgan fingerprint density at radius 1 is 1.43 bits per heavy atom. The van der Waals surface area contributed by atoms with Crippen molar-refractivity contribution in [1.29, 1.82) is 0 Å². The minimum absolute atomic E-state index is 0.204. The highest BCUT2D eigenvalue weighted by atomic mass is 19.2. The van der Waals surface area contributed by atoms with Gasteiger partial charge in [0.1, 0.15) is 0 Å². The summed E-state index contributed by atoms with van der Waals surface area (Å²) in [5.74, 6) is -2.36. The highest BCUT2D eigenvalue weighted by Crippen LogP contribution is 2.21. The fraction of sp³-hybridized carbons (Fsp3) is 0.200. The quantitative estimate of drug-likeness (QED) is 0.812. The van der Waals surface area contributed by atoms with E-state index in [4.69, 9.17) is 0 Å². The summed E-state index contributed by atoms with van der Waals surface area (Å²) in [6.45, 7) is 5.51. The molecule has 1 aromatic carbocycles. The molecule has 2 aromatic rings. The maximum absolute atomic E-state index is 13.4. The van der Waals surface area contributed by atoms with E-state index in [1.54, 1.807) is 17.9 Å². The van der Waals surface area contributed by atoms with Crippen molar-refractivity contribution < 1.29 is 13.6 Å². The predicted octanol–water partition coefficient (Wildman–Crippen LogP) is 2.73. The lowest BCUT2D eigenvalue weighted by Gasteiger charge is -2.21. The monoisotopic (exact) mass is 291 g/mol. The maximum Gasteiger partial charge on any atom is 0.250 e. The van der Waals surface area contributed by atoms with E-state index in [0.717, 1.165) is 29.5 Å². The number of aryl methyl sites for hydroxylation is 1. The smallest absolute Gasteiger partial charge is 0.250 e. The highest BCUT2D eigenvalue weighted by molar-refractivity contribution is 6.00. The molecule has 0 aliphatic carbocycles. The first-order valence-corrected chi connectivity index (χ1v) is 6.30. The van der Waals surface area contributed by atoms with E-state index in [1.165, 1.54) is 11.0 Å². The molecule has 0 aliphatic rings. The van der Waals surface area contributed by atoms with Crippen molar-refractivity contribution >= 4 is 11.6 Å². The van der Waals surface area contributed by atoms with Gasteiger partial charge in [-0.05, 0) is 25.1 Å². The minimum Gasteiger partial charge on any atom is -0.304 e. The van der Waals surface area contributed by atoms with Crippen molar-refractivity contribution in [1.82, 2.24) is 9.78 Å². The van der Waals surface area contributed by atoms with Gasteiger partial charge in [-0.2, -0.15) is 5.10 Å². The maximum atomic E-state index is 13.4. The van der Waals surface area contributed by atoms with Crippen molar-refractivity contribution in [3.05, 3.63) is 59.9 Å². The number of nitrogens with zero attached hydrogens (tertiary/aromatic N) is 3. The van der Waals surface area contributed by atoms with Crippen LogP contribution in [0.15, 0.2) is 37.1 Å². The molecule has 1 aromatic heterocycles. The van der Waals surface area contributed by atoms with Crippen molar-refractivity contribution in [2.75, 3.05) is 4.90 Å². The molecule has 0 bridgehead atoms. The molecular weight excluding hydrogens is 276 g/mol. The van der Waals surface area contributed by atoms with Gasteiger partial charge >= 0.3 is 0 Å². The average Bonchev–Trinajstić information content (AvgIpc) is 2.78. The van der Waals surface area contributed by atoms with Gasteiger partial charge in [0.05, 0.1) is 12.7 Å². The Kier molecular flexibility index (Phi) is 4.16. The van der Waals surface area contributed by atoms with E-state index in [0.29, 0.717) is 0 Å². The number of halogens is 2. The lowest BCUT2D eigenvalue weighted by atomic mass is 10.2. The lowest BCUT2D eigenvalue weighted by molar-refractivity contribution is -0.114. The Balaban J connectivity index is 2.39. The Morgan fingerprint density at radius 3 is 2.67 bits per heavy atom. The molecule has 6 heteroatoms. The molecule has 2 rings (SSSR count). The fourth-order valence-electron chi connectivity index (χ4n) is 1.93. The normalized spacial score (nSPS) is 10.5. The number of benzene rings is 1. The Hall–Kier alpha value is -2.50. The van der Waals surface area contributed by atoms with Crippen molar-refractivity contribution in [3.8, 4) is 0 Å². The summed E-state index contributed by atoms with van der Waals surface area (Å²) in [5, 5.41) is 4.10. The summed E-state index contributed by atoms with van der Waals surface area (Å²) < 4.78 is 28.1. The van der Waals surface area contributed by atoms with Crippen LogP contribution in [0.1, 0.15) is 11.3 Å². The molecule has 0 spiro atoms. The van der Waals surface area contributed by atoms with E-state index in [1.807, 2.05) is 6.92 Å². The van der Waals surface area contributed by atoms with E-state index >= 15 is 0 Å². The second-order valence-electron chi connectivity index (χ2n) is 4.61. The van der Waals surface area contributed by atoms with E-state index in [2.05, 4.69) is 11.7 Å². The fourth-order valence-corrected chi connectivity index (χ4v) is 1.93. The SMILES string of the molecule is C=CC(=O)N(Cc1cnn(C)c1C)c1ccc(F)c(F)c1. The third-order valence-electron chi connectivity index (χ3n) is 3.32. The number of hydrogen-bond donors (Lipinski definition) is 0. The van der Waals surface area contributed by atoms with Crippen LogP contribution in [-0.2, 0) is 18.4 Å². The summed E-state index contributed by atoms with van der Waals surface area (Å²) >= 11 is 0. The van der Waals surface area contributed by atoms with Crippen LogP contribution in [0.25, 0.3) is 0 Å². The highest BCUT2D eigenvalue weighted by Gasteiger charge is 2.17. The molecule has 0 atom stereocenters. The van der Waals surface area contributed by atoms with Gasteiger partial charge in [-0.1, -0.05) is 6.58 Å². The molecule has 0 radical (unpaired) electrons. The zero-order valence-corrected chi connectivity index (χ0v) is 11.8. The summed E-state index contributed by atoms with van der Waals surface area (Å²) in [6.07, 6.45) is 2.77. The third-order valence-corrected chi connectivity index (χ3v) is 3.32. The second-order valence-corrected chi connectivity index (χ2v) is 4.61. The number of aromatic nitrogens is 2. The molecule has 110 valence electrons. The number of carbonyl (C=O) groups excluding carboxylic acids is 1. The van der Waals surface area contributed by atoms with Gasteiger partial charge in [0.2, 0.25) is 0 Å². The van der Waals surface area contributed by atoms with Crippen LogP contribution >= 0.6 is 0 Å². The summed E-state index contributed by atoms with van der Waals surface area (Å²) in [4.78, 5) is 13.3. The minimum atomic E-state index is -1.00. The first-order valence-electron chi connectivity index (χ1n) is 6.30. The molecule has 0 unspecified atom stereocenters. The summed E-state index contributed by atoms with van der Waals surface area (Å²) in [7, 11) is 1.79. The summed E-state index contributed by atoms with van der Waals surface area (Å²) in [5.41, 5.74) is 1.97. The number of anilines is 1. The molecule has 0 saturated carbocycles. The van der Waals surface area contributed by atoms with Gasteiger partial charge in [0, 0.05) is 30.1 Å². The Morgan fingerprint density at radius 2 is 2.14 bits per heavy atom. The van der Waals surface area contributed by atoms with Gasteiger partial charge in [0.15, 0.2) is 11.6 Å². The van der Waals surface area contributed by atoms with Crippen LogP contribution in [0.5, 0.6) is 0 Å². The lowest BCUT2D eigenvalue weighted by Crippen LogP contribution is -2.29. The molecular formula is C15H15F2N3O. The van der Waals surface area contributed by atoms with E-state index in [-0.39, 0.29) is 12.2 Å². The van der Waals surface area contributed by atoms with Gasteiger partial charge in [-0.15, -0.1) is 0 Å². The number of hydrogen-bond acceptors (Lipinski definition) is 2. The average molecular weight is 291 g/mol. The van der Waals surface area contributed by atoms with Gasteiger partial charge in [-0.3, -0.25) is 9.48 Å². The number of rotatable bonds is 4. The van der Waals surface area contributed by atoms with Crippen molar-refractivity contribution in [3.63, 3.8) is 0 Å². The van der Waals surface area contributed by atoms with Gasteiger partial charge in [-0.25, -0.2) is 8.78 Å². The second kappa shape index (κ2) is 5.87. The number of amides is 1. The van der Waals surface area contributed by atoms with Crippen LogP contribution < -0.4 is 4.90 Å². The number of carbonyl (C=O) groups is 1. The molecule has 21 heavy (non-hydrogen) atoms. The first-order chi connectivity index (χ1) is 9.93. The van der Waals surface area contributed by atoms with E-state index in [9.17, 15) is 13.6 Å². The first kappa shape index (κ1) is 14.9. The molecule has 0 aliphatic heterocycles. The van der Waals surface area contributed by atoms with Gasteiger partial charge in [0.25, 0.3) is 5.91 Å². The molecule has 1 heterocycles. The third kappa shape index (κ3) is 2.99. The largest absolute Gasteiger partial charge is 0.304 e. The standard InChI is InChI=1S/C15H15F2N3O/c1-4-15(21)20(9-11-8-18-19(3)10(11)2)12-5-6-13(16)14(17)7-12/h4-8H,1,9H2,2-3H3. The van der Waals surface area contributed by atoms with Crippen LogP contribution in [0, 0.1) is 18.6 Å². The van der Waals surface area contributed by atoms with Crippen LogP contribution in [0.4, 0.5) is 14.5 Å². The molecule has 0 fully saturated rings.